The average Bonchev–Trinajstić information content (AvgIpc) is 1.86. The maximum absolute atomic E-state index is 10.8. The second kappa shape index (κ2) is 2.31. The van der Waals surface area contributed by atoms with Gasteiger partial charge in [0, 0.05) is 6.54 Å². The van der Waals surface area contributed by atoms with E-state index in [1.165, 1.54) is 0 Å². The largest absolute Gasteiger partial charge is 0.330 e. The summed E-state index contributed by atoms with van der Waals surface area (Å²) in [6, 6.07) is 0. The molecule has 2 saturated heterocycles. The van der Waals surface area contributed by atoms with Gasteiger partial charge in [-0.15, -0.1) is 23.4 Å². The van der Waals surface area contributed by atoms with Crippen LogP contribution in [0.1, 0.15) is 12.8 Å². The van der Waals surface area contributed by atoms with Gasteiger partial charge in [0.1, 0.15) is 0 Å². The van der Waals surface area contributed by atoms with Crippen molar-refractivity contribution in [3.63, 3.8) is 0 Å². The normalized spacial score (nSPS) is 38.9. The zero-order valence-corrected chi connectivity index (χ0v) is 6.99. The molecule has 0 spiro atoms. The van der Waals surface area contributed by atoms with Crippen LogP contribution < -0.4 is 0 Å². The topological polar surface area (TPSA) is 20.3 Å². The van der Waals surface area contributed by atoms with Gasteiger partial charge in [-0.25, -0.2) is 0 Å². The third-order valence-corrected chi connectivity index (χ3v) is 3.71. The Morgan fingerprint density at radius 3 is 3.10 bits per heavy atom. The first-order valence-corrected chi connectivity index (χ1v) is 4.74. The van der Waals surface area contributed by atoms with Crippen LogP contribution in [0.4, 0.5) is 0 Å². The number of carbonyl (C=O) groups excluding carboxylic acids is 1. The Morgan fingerprint density at radius 1 is 1.70 bits per heavy atom. The lowest BCUT2D eigenvalue weighted by atomic mass is 10.2. The summed E-state index contributed by atoms with van der Waals surface area (Å²) in [5.74, 6) is 0.293. The van der Waals surface area contributed by atoms with Gasteiger partial charge in [0.05, 0.1) is 16.5 Å². The van der Waals surface area contributed by atoms with E-state index >= 15 is 0 Å². The Hall–Kier alpha value is 0.110. The minimum atomic E-state index is 0.231. The number of thioether (sulfide) groups is 1. The minimum Gasteiger partial charge on any atom is -0.330 e. The van der Waals surface area contributed by atoms with E-state index in [0.717, 1.165) is 13.0 Å². The zero-order valence-electron chi connectivity index (χ0n) is 5.42. The molecule has 0 saturated carbocycles. The average molecular weight is 178 g/mol. The lowest BCUT2D eigenvalue weighted by Gasteiger charge is -2.44. The summed E-state index contributed by atoms with van der Waals surface area (Å²) in [5.41, 5.74) is 0. The summed E-state index contributed by atoms with van der Waals surface area (Å²) in [4.78, 5) is 12.7. The second-order valence-corrected chi connectivity index (χ2v) is 4.75. The molecule has 10 heavy (non-hydrogen) atoms. The molecule has 0 aliphatic carbocycles. The van der Waals surface area contributed by atoms with Crippen molar-refractivity contribution < 1.29 is 4.79 Å². The number of halogens is 1. The molecule has 56 valence electrons. The molecule has 4 heteroatoms. The van der Waals surface area contributed by atoms with E-state index in [4.69, 9.17) is 11.6 Å². The van der Waals surface area contributed by atoms with Crippen LogP contribution in [0.3, 0.4) is 0 Å². The van der Waals surface area contributed by atoms with Crippen LogP contribution in [-0.4, -0.2) is 27.4 Å². The Labute approximate surface area is 68.9 Å². The molecule has 0 N–H and O–H groups in total. The maximum atomic E-state index is 10.8. The number of amides is 1. The Balaban J connectivity index is 1.99. The smallest absolute Gasteiger partial charge is 0.226 e. The molecule has 0 radical (unpaired) electrons. The molecule has 2 atom stereocenters. The Bertz CT molecular complexity index is 175. The molecule has 2 aliphatic rings. The summed E-state index contributed by atoms with van der Waals surface area (Å²) < 4.78 is 0.231. The fourth-order valence-electron chi connectivity index (χ4n) is 1.29. The molecule has 0 bridgehead atoms. The SMILES string of the molecule is O=C1C[C@H]2SC(Cl)CCN12. The van der Waals surface area contributed by atoms with E-state index in [2.05, 4.69) is 0 Å². The second-order valence-electron chi connectivity index (χ2n) is 2.58. The first-order chi connectivity index (χ1) is 4.77. The van der Waals surface area contributed by atoms with Crippen LogP contribution in [0, 0.1) is 0 Å². The van der Waals surface area contributed by atoms with Crippen molar-refractivity contribution in [3.8, 4) is 0 Å². The zero-order chi connectivity index (χ0) is 7.14. The summed E-state index contributed by atoms with van der Waals surface area (Å²) in [5, 5.41) is 0.406. The van der Waals surface area contributed by atoms with Crippen LogP contribution >= 0.6 is 23.4 Å². The van der Waals surface area contributed by atoms with Gasteiger partial charge in [0.2, 0.25) is 5.91 Å². The van der Waals surface area contributed by atoms with Gasteiger partial charge in [-0.05, 0) is 6.42 Å². The molecule has 2 rings (SSSR count). The first kappa shape index (κ1) is 6.80. The van der Waals surface area contributed by atoms with Gasteiger partial charge in [0.25, 0.3) is 0 Å². The monoisotopic (exact) mass is 177 g/mol. The highest BCUT2D eigenvalue weighted by atomic mass is 35.5. The lowest BCUT2D eigenvalue weighted by Crippen LogP contribution is -2.54. The van der Waals surface area contributed by atoms with Crippen LogP contribution in [0.5, 0.6) is 0 Å². The molecule has 2 fully saturated rings. The minimum absolute atomic E-state index is 0.231. The Kier molecular flexibility index (Phi) is 1.57. The molecule has 0 aromatic rings. The molecule has 1 unspecified atom stereocenters. The van der Waals surface area contributed by atoms with E-state index in [9.17, 15) is 4.79 Å². The fraction of sp³-hybridized carbons (Fsp3) is 0.833. The predicted octanol–water partition coefficient (Wildman–Crippen LogP) is 1.25. The third-order valence-electron chi connectivity index (χ3n) is 1.92. The van der Waals surface area contributed by atoms with Crippen LogP contribution in [0.15, 0.2) is 0 Å². The summed E-state index contributed by atoms with van der Waals surface area (Å²) in [7, 11) is 0. The van der Waals surface area contributed by atoms with Gasteiger partial charge in [-0.1, -0.05) is 0 Å². The van der Waals surface area contributed by atoms with Gasteiger partial charge in [0.15, 0.2) is 0 Å². The highest BCUT2D eigenvalue weighted by Crippen LogP contribution is 2.39. The standard InChI is InChI=1S/C6H8ClNOS/c7-4-1-2-8-5(9)3-6(8)10-4/h4,6H,1-3H2/t4?,6-/m1/s1. The van der Waals surface area contributed by atoms with Crippen molar-refractivity contribution in [2.24, 2.45) is 0 Å². The summed E-state index contributed by atoms with van der Waals surface area (Å²) in [6.45, 7) is 0.866. The van der Waals surface area contributed by atoms with E-state index in [1.807, 2.05) is 4.90 Å². The number of alkyl halides is 1. The summed E-state index contributed by atoms with van der Waals surface area (Å²) >= 11 is 7.59. The maximum Gasteiger partial charge on any atom is 0.226 e. The number of fused-ring (bicyclic) bond motifs is 1. The Morgan fingerprint density at radius 2 is 2.50 bits per heavy atom. The number of nitrogens with zero attached hydrogens (tertiary/aromatic N) is 1. The van der Waals surface area contributed by atoms with Crippen LogP contribution in [0.25, 0.3) is 0 Å². The number of hydrogen-bond donors (Lipinski definition) is 0. The van der Waals surface area contributed by atoms with E-state index in [0.29, 0.717) is 17.7 Å². The van der Waals surface area contributed by atoms with E-state index in [1.54, 1.807) is 11.8 Å². The molecule has 0 aromatic carbocycles. The van der Waals surface area contributed by atoms with Crippen molar-refractivity contribution in [1.29, 1.82) is 0 Å². The highest BCUT2D eigenvalue weighted by molar-refractivity contribution is 8.01. The van der Waals surface area contributed by atoms with Crippen molar-refractivity contribution in [2.75, 3.05) is 6.54 Å². The quantitative estimate of drug-likeness (QED) is 0.410. The molecular formula is C6H8ClNOS. The molecular weight excluding hydrogens is 170 g/mol. The van der Waals surface area contributed by atoms with Crippen LogP contribution in [0.2, 0.25) is 0 Å². The highest BCUT2D eigenvalue weighted by Gasteiger charge is 2.40. The number of β-lactam (4-membered cyclic amide) rings is 1. The number of carbonyl (C=O) groups is 1. The van der Waals surface area contributed by atoms with Gasteiger partial charge < -0.3 is 4.90 Å². The number of hydrogen-bond acceptors (Lipinski definition) is 2. The van der Waals surface area contributed by atoms with Gasteiger partial charge >= 0.3 is 0 Å². The molecule has 2 heterocycles. The molecule has 0 aromatic heterocycles. The van der Waals surface area contributed by atoms with Crippen LogP contribution in [-0.2, 0) is 4.79 Å². The van der Waals surface area contributed by atoms with E-state index < -0.39 is 0 Å². The molecule has 2 nitrogen and oxygen atoms in total. The first-order valence-electron chi connectivity index (χ1n) is 3.36. The van der Waals surface area contributed by atoms with E-state index in [-0.39, 0.29) is 4.71 Å². The molecule has 2 aliphatic heterocycles. The van der Waals surface area contributed by atoms with Crippen molar-refractivity contribution >= 4 is 29.3 Å². The summed E-state index contributed by atoms with van der Waals surface area (Å²) in [6.07, 6.45) is 1.64. The van der Waals surface area contributed by atoms with Crippen molar-refractivity contribution in [3.05, 3.63) is 0 Å². The lowest BCUT2D eigenvalue weighted by molar-refractivity contribution is -0.141. The third kappa shape index (κ3) is 0.920. The van der Waals surface area contributed by atoms with Gasteiger partial charge in [-0.3, -0.25) is 4.79 Å². The van der Waals surface area contributed by atoms with Crippen molar-refractivity contribution in [2.45, 2.75) is 22.9 Å². The number of rotatable bonds is 0. The van der Waals surface area contributed by atoms with Crippen molar-refractivity contribution in [1.82, 2.24) is 4.90 Å². The fourth-order valence-corrected chi connectivity index (χ4v) is 2.94. The van der Waals surface area contributed by atoms with Gasteiger partial charge in [-0.2, -0.15) is 0 Å². The predicted molar refractivity (Wildman–Crippen MR) is 42.0 cm³/mol. The molecule has 1 amide bonds.